The third-order valence-electron chi connectivity index (χ3n) is 2.14. The molecule has 2 rings (SSSR count). The Morgan fingerprint density at radius 2 is 2.12 bits per heavy atom. The van der Waals surface area contributed by atoms with Crippen LogP contribution in [0.25, 0.3) is 0 Å². The lowest BCUT2D eigenvalue weighted by molar-refractivity contribution is 0.0694. The van der Waals surface area contributed by atoms with Crippen LogP contribution in [0.15, 0.2) is 39.6 Å². The van der Waals surface area contributed by atoms with Crippen molar-refractivity contribution in [2.45, 2.75) is 13.1 Å². The Morgan fingerprint density at radius 1 is 1.25 bits per heavy atom. The van der Waals surface area contributed by atoms with Gasteiger partial charge in [-0.2, -0.15) is 0 Å². The van der Waals surface area contributed by atoms with Crippen molar-refractivity contribution in [3.05, 3.63) is 47.8 Å². The molecule has 0 atom stereocenters. The SMILES string of the molecule is O=C(O)c1ccoc1CNCc1ccco1. The normalized spacial score (nSPS) is 10.5. The molecule has 0 radical (unpaired) electrons. The summed E-state index contributed by atoms with van der Waals surface area (Å²) in [6, 6.07) is 5.08. The van der Waals surface area contributed by atoms with Crippen molar-refractivity contribution in [1.82, 2.24) is 5.32 Å². The summed E-state index contributed by atoms with van der Waals surface area (Å²) in [5.41, 5.74) is 0.187. The van der Waals surface area contributed by atoms with Crippen molar-refractivity contribution in [3.63, 3.8) is 0 Å². The van der Waals surface area contributed by atoms with Crippen LogP contribution < -0.4 is 5.32 Å². The standard InChI is InChI=1S/C11H11NO4/c13-11(14)9-3-5-16-10(9)7-12-6-8-2-1-4-15-8/h1-5,12H,6-7H2,(H,13,14). The monoisotopic (exact) mass is 221 g/mol. The molecule has 0 bridgehead atoms. The predicted octanol–water partition coefficient (Wildman–Crippen LogP) is 1.86. The number of carboxylic acids is 1. The summed E-state index contributed by atoms with van der Waals surface area (Å²) in [6.45, 7) is 0.891. The Kier molecular flexibility index (Phi) is 3.07. The highest BCUT2D eigenvalue weighted by Gasteiger charge is 2.12. The number of carbonyl (C=O) groups is 1. The van der Waals surface area contributed by atoms with Gasteiger partial charge in [-0.3, -0.25) is 0 Å². The van der Waals surface area contributed by atoms with Crippen LogP contribution in [-0.4, -0.2) is 11.1 Å². The smallest absolute Gasteiger partial charge is 0.339 e. The van der Waals surface area contributed by atoms with Gasteiger partial charge in [0.1, 0.15) is 17.1 Å². The van der Waals surface area contributed by atoms with Crippen molar-refractivity contribution in [1.29, 1.82) is 0 Å². The van der Waals surface area contributed by atoms with Crippen LogP contribution >= 0.6 is 0 Å². The molecule has 0 aliphatic carbocycles. The fourth-order valence-corrected chi connectivity index (χ4v) is 1.38. The highest BCUT2D eigenvalue weighted by Crippen LogP contribution is 2.10. The third-order valence-corrected chi connectivity index (χ3v) is 2.14. The largest absolute Gasteiger partial charge is 0.478 e. The minimum atomic E-state index is -0.983. The van der Waals surface area contributed by atoms with Crippen LogP contribution in [0.3, 0.4) is 0 Å². The van der Waals surface area contributed by atoms with Gasteiger partial charge >= 0.3 is 5.97 Å². The topological polar surface area (TPSA) is 75.6 Å². The van der Waals surface area contributed by atoms with E-state index in [-0.39, 0.29) is 5.56 Å². The quantitative estimate of drug-likeness (QED) is 0.805. The van der Waals surface area contributed by atoms with E-state index in [0.29, 0.717) is 18.8 Å². The molecule has 0 unspecified atom stereocenters. The van der Waals surface area contributed by atoms with Gasteiger partial charge in [0.15, 0.2) is 0 Å². The molecule has 16 heavy (non-hydrogen) atoms. The summed E-state index contributed by atoms with van der Waals surface area (Å²) < 4.78 is 10.2. The van der Waals surface area contributed by atoms with Gasteiger partial charge in [0.2, 0.25) is 0 Å². The number of rotatable bonds is 5. The molecule has 5 nitrogen and oxygen atoms in total. The summed E-state index contributed by atoms with van der Waals surface area (Å²) >= 11 is 0. The minimum absolute atomic E-state index is 0.187. The Bertz CT molecular complexity index is 458. The fraction of sp³-hybridized carbons (Fsp3) is 0.182. The summed E-state index contributed by atoms with van der Waals surface area (Å²) in [4.78, 5) is 10.8. The summed E-state index contributed by atoms with van der Waals surface area (Å²) in [7, 11) is 0. The van der Waals surface area contributed by atoms with Crippen LogP contribution in [0.1, 0.15) is 21.9 Å². The van der Waals surface area contributed by atoms with E-state index in [4.69, 9.17) is 13.9 Å². The van der Waals surface area contributed by atoms with E-state index in [1.807, 2.05) is 6.07 Å². The number of hydrogen-bond acceptors (Lipinski definition) is 4. The molecule has 84 valence electrons. The molecule has 2 aromatic rings. The molecule has 2 N–H and O–H groups in total. The molecule has 2 heterocycles. The predicted molar refractivity (Wildman–Crippen MR) is 54.9 cm³/mol. The molecule has 5 heteroatoms. The van der Waals surface area contributed by atoms with Gasteiger partial charge in [-0.1, -0.05) is 0 Å². The highest BCUT2D eigenvalue weighted by atomic mass is 16.4. The van der Waals surface area contributed by atoms with E-state index in [1.54, 1.807) is 12.3 Å². The van der Waals surface area contributed by atoms with Crippen molar-refractivity contribution >= 4 is 5.97 Å². The molecule has 0 aromatic carbocycles. The molecule has 2 aromatic heterocycles. The Morgan fingerprint density at radius 3 is 2.81 bits per heavy atom. The van der Waals surface area contributed by atoms with E-state index >= 15 is 0 Å². The first kappa shape index (κ1) is 10.5. The zero-order valence-electron chi connectivity index (χ0n) is 8.47. The van der Waals surface area contributed by atoms with E-state index in [1.165, 1.54) is 12.3 Å². The Labute approximate surface area is 91.7 Å². The molecule has 0 aliphatic rings. The molecule has 0 spiro atoms. The zero-order valence-corrected chi connectivity index (χ0v) is 8.47. The Hall–Kier alpha value is -2.01. The van der Waals surface area contributed by atoms with Crippen LogP contribution in [-0.2, 0) is 13.1 Å². The number of aromatic carboxylic acids is 1. The number of hydrogen-bond donors (Lipinski definition) is 2. The summed E-state index contributed by atoms with van der Waals surface area (Å²) in [5.74, 6) is 0.228. The first-order chi connectivity index (χ1) is 7.77. The number of nitrogens with one attached hydrogen (secondary N) is 1. The lowest BCUT2D eigenvalue weighted by Gasteiger charge is -2.00. The average Bonchev–Trinajstić information content (AvgIpc) is 2.87. The molecular weight excluding hydrogens is 210 g/mol. The molecular formula is C11H11NO4. The number of carboxylic acid groups (broad SMARTS) is 1. The first-order valence-electron chi connectivity index (χ1n) is 4.80. The third kappa shape index (κ3) is 2.32. The second kappa shape index (κ2) is 4.67. The van der Waals surface area contributed by atoms with Gasteiger partial charge < -0.3 is 19.3 Å². The molecule has 0 aliphatic heterocycles. The van der Waals surface area contributed by atoms with Crippen LogP contribution in [0.4, 0.5) is 0 Å². The summed E-state index contributed by atoms with van der Waals surface area (Å²) in [6.07, 6.45) is 2.96. The highest BCUT2D eigenvalue weighted by molar-refractivity contribution is 5.88. The maximum Gasteiger partial charge on any atom is 0.339 e. The Balaban J connectivity index is 1.90. The fourth-order valence-electron chi connectivity index (χ4n) is 1.38. The van der Waals surface area contributed by atoms with E-state index in [0.717, 1.165) is 5.76 Å². The maximum absolute atomic E-state index is 10.8. The van der Waals surface area contributed by atoms with Crippen molar-refractivity contribution in [2.24, 2.45) is 0 Å². The molecule has 0 saturated heterocycles. The zero-order chi connectivity index (χ0) is 11.4. The molecule has 0 saturated carbocycles. The second-order valence-corrected chi connectivity index (χ2v) is 3.25. The van der Waals surface area contributed by atoms with Gasteiger partial charge in [0.25, 0.3) is 0 Å². The van der Waals surface area contributed by atoms with Gasteiger partial charge in [0, 0.05) is 0 Å². The average molecular weight is 221 g/mol. The van der Waals surface area contributed by atoms with Crippen LogP contribution in [0.5, 0.6) is 0 Å². The van der Waals surface area contributed by atoms with E-state index in [2.05, 4.69) is 5.32 Å². The maximum atomic E-state index is 10.8. The van der Waals surface area contributed by atoms with E-state index < -0.39 is 5.97 Å². The number of furan rings is 2. The molecule has 0 fully saturated rings. The van der Waals surface area contributed by atoms with Gasteiger partial charge in [-0.15, -0.1) is 0 Å². The summed E-state index contributed by atoms with van der Waals surface area (Å²) in [5, 5.41) is 11.9. The minimum Gasteiger partial charge on any atom is -0.478 e. The van der Waals surface area contributed by atoms with Gasteiger partial charge in [-0.25, -0.2) is 4.79 Å². The van der Waals surface area contributed by atoms with Gasteiger partial charge in [0.05, 0.1) is 25.6 Å². The second-order valence-electron chi connectivity index (χ2n) is 3.25. The van der Waals surface area contributed by atoms with Crippen molar-refractivity contribution < 1.29 is 18.7 Å². The van der Waals surface area contributed by atoms with Crippen molar-refractivity contribution in [3.8, 4) is 0 Å². The van der Waals surface area contributed by atoms with E-state index in [9.17, 15) is 4.79 Å². The van der Waals surface area contributed by atoms with Gasteiger partial charge in [-0.05, 0) is 18.2 Å². The lowest BCUT2D eigenvalue weighted by Crippen LogP contribution is -2.13. The van der Waals surface area contributed by atoms with Crippen LogP contribution in [0, 0.1) is 0 Å². The molecule has 0 amide bonds. The first-order valence-corrected chi connectivity index (χ1v) is 4.80. The lowest BCUT2D eigenvalue weighted by atomic mass is 10.2. The van der Waals surface area contributed by atoms with Crippen LogP contribution in [0.2, 0.25) is 0 Å². The van der Waals surface area contributed by atoms with Crippen molar-refractivity contribution in [2.75, 3.05) is 0 Å².